The van der Waals surface area contributed by atoms with Gasteiger partial charge in [-0.05, 0) is 65.2 Å². The van der Waals surface area contributed by atoms with E-state index in [0.717, 1.165) is 18.4 Å². The fraction of sp³-hybridized carbons (Fsp3) is 0.579. The lowest BCUT2D eigenvalue weighted by atomic mass is 10.1. The predicted molar refractivity (Wildman–Crippen MR) is 101 cm³/mol. The summed E-state index contributed by atoms with van der Waals surface area (Å²) in [6.45, 7) is 11.5. The number of benzene rings is 1. The van der Waals surface area contributed by atoms with E-state index < -0.39 is 11.7 Å². The molecule has 3 amide bonds. The monoisotopic (exact) mass is 349 g/mol. The van der Waals surface area contributed by atoms with Crippen LogP contribution in [0.15, 0.2) is 24.3 Å². The zero-order valence-electron chi connectivity index (χ0n) is 16.0. The zero-order valence-corrected chi connectivity index (χ0v) is 16.0. The molecule has 0 radical (unpaired) electrons. The molecule has 2 N–H and O–H groups in total. The first-order chi connectivity index (χ1) is 11.7. The minimum Gasteiger partial charge on any atom is -0.444 e. The Morgan fingerprint density at radius 3 is 2.20 bits per heavy atom. The van der Waals surface area contributed by atoms with E-state index in [1.807, 2.05) is 58.9 Å². The third kappa shape index (κ3) is 8.42. The number of ether oxygens (including phenoxy) is 1. The Kier molecular flexibility index (Phi) is 8.25. The molecule has 0 aliphatic carbocycles. The van der Waals surface area contributed by atoms with Gasteiger partial charge in [0.1, 0.15) is 5.60 Å². The fourth-order valence-corrected chi connectivity index (χ4v) is 2.29. The Hall–Kier alpha value is -2.24. The van der Waals surface area contributed by atoms with Crippen molar-refractivity contribution in [3.05, 3.63) is 29.8 Å². The van der Waals surface area contributed by atoms with Gasteiger partial charge in [-0.2, -0.15) is 0 Å². The molecule has 0 spiro atoms. The molecular formula is C19H31N3O3. The van der Waals surface area contributed by atoms with Crippen LogP contribution in [0, 0.1) is 0 Å². The number of rotatable bonds is 7. The van der Waals surface area contributed by atoms with Crippen molar-refractivity contribution < 1.29 is 14.3 Å². The van der Waals surface area contributed by atoms with E-state index in [1.54, 1.807) is 4.90 Å². The van der Waals surface area contributed by atoms with Crippen LogP contribution in [-0.4, -0.2) is 42.3 Å². The van der Waals surface area contributed by atoms with Gasteiger partial charge in [-0.25, -0.2) is 9.59 Å². The second-order valence-electron chi connectivity index (χ2n) is 6.83. The summed E-state index contributed by atoms with van der Waals surface area (Å²) in [6, 6.07) is 7.64. The van der Waals surface area contributed by atoms with E-state index in [2.05, 4.69) is 10.6 Å². The van der Waals surface area contributed by atoms with Crippen molar-refractivity contribution in [2.24, 2.45) is 0 Å². The van der Waals surface area contributed by atoms with Gasteiger partial charge < -0.3 is 15.0 Å². The molecule has 6 heteroatoms. The number of nitrogens with zero attached hydrogens (tertiary/aromatic N) is 1. The zero-order chi connectivity index (χ0) is 18.9. The molecule has 0 bridgehead atoms. The fourth-order valence-electron chi connectivity index (χ4n) is 2.29. The SMILES string of the molecule is CCN(CC)C(=O)NCCCc1ccc(NC(=O)OC(C)(C)C)cc1. The summed E-state index contributed by atoms with van der Waals surface area (Å²) in [5, 5.41) is 5.64. The first kappa shape index (κ1) is 20.8. The lowest BCUT2D eigenvalue weighted by Gasteiger charge is -2.19. The predicted octanol–water partition coefficient (Wildman–Crippen LogP) is 4.02. The second kappa shape index (κ2) is 9.91. The molecule has 0 fully saturated rings. The van der Waals surface area contributed by atoms with Gasteiger partial charge in [0.15, 0.2) is 0 Å². The van der Waals surface area contributed by atoms with Crippen molar-refractivity contribution in [1.29, 1.82) is 0 Å². The summed E-state index contributed by atoms with van der Waals surface area (Å²) in [5.41, 5.74) is 1.35. The number of hydrogen-bond donors (Lipinski definition) is 2. The Labute approximate surface area is 150 Å². The number of hydrogen-bond acceptors (Lipinski definition) is 3. The summed E-state index contributed by atoms with van der Waals surface area (Å²) in [7, 11) is 0. The molecule has 0 aliphatic heterocycles. The number of amides is 3. The van der Waals surface area contributed by atoms with Crippen molar-refractivity contribution in [3.8, 4) is 0 Å². The Morgan fingerprint density at radius 2 is 1.68 bits per heavy atom. The van der Waals surface area contributed by atoms with Gasteiger partial charge >= 0.3 is 12.1 Å². The lowest BCUT2D eigenvalue weighted by molar-refractivity contribution is 0.0636. The number of aryl methyl sites for hydroxylation is 1. The van der Waals surface area contributed by atoms with Gasteiger partial charge in [0.05, 0.1) is 0 Å². The topological polar surface area (TPSA) is 70.7 Å². The Bertz CT molecular complexity index is 546. The molecule has 0 saturated heterocycles. The van der Waals surface area contributed by atoms with Gasteiger partial charge in [-0.1, -0.05) is 12.1 Å². The maximum absolute atomic E-state index is 11.8. The normalized spacial score (nSPS) is 10.9. The smallest absolute Gasteiger partial charge is 0.412 e. The lowest BCUT2D eigenvalue weighted by Crippen LogP contribution is -2.40. The van der Waals surface area contributed by atoms with Crippen LogP contribution in [0.25, 0.3) is 0 Å². The highest BCUT2D eigenvalue weighted by molar-refractivity contribution is 5.84. The minimum atomic E-state index is -0.514. The summed E-state index contributed by atoms with van der Waals surface area (Å²) in [6.07, 6.45) is 1.27. The molecule has 6 nitrogen and oxygen atoms in total. The first-order valence-electron chi connectivity index (χ1n) is 8.87. The highest BCUT2D eigenvalue weighted by atomic mass is 16.6. The molecule has 140 valence electrons. The molecule has 1 aromatic rings. The van der Waals surface area contributed by atoms with Crippen molar-refractivity contribution >= 4 is 17.8 Å². The maximum Gasteiger partial charge on any atom is 0.412 e. The molecule has 0 atom stereocenters. The van der Waals surface area contributed by atoms with Crippen molar-refractivity contribution in [2.45, 2.75) is 53.1 Å². The summed E-state index contributed by atoms with van der Waals surface area (Å²) >= 11 is 0. The first-order valence-corrected chi connectivity index (χ1v) is 8.87. The quantitative estimate of drug-likeness (QED) is 0.731. The van der Waals surface area contributed by atoms with Crippen LogP contribution >= 0.6 is 0 Å². The molecule has 25 heavy (non-hydrogen) atoms. The van der Waals surface area contributed by atoms with Crippen LogP contribution < -0.4 is 10.6 Å². The van der Waals surface area contributed by atoms with Gasteiger partial charge in [0, 0.05) is 25.3 Å². The van der Waals surface area contributed by atoms with Crippen LogP contribution in [0.1, 0.15) is 46.6 Å². The van der Waals surface area contributed by atoms with E-state index in [-0.39, 0.29) is 6.03 Å². The van der Waals surface area contributed by atoms with E-state index in [1.165, 1.54) is 0 Å². The standard InChI is InChI=1S/C19H31N3O3/c1-6-22(7-2)17(23)20-14-8-9-15-10-12-16(13-11-15)21-18(24)25-19(3,4)5/h10-13H,6-9,14H2,1-5H3,(H,20,23)(H,21,24). The highest BCUT2D eigenvalue weighted by Crippen LogP contribution is 2.13. The van der Waals surface area contributed by atoms with E-state index in [0.29, 0.717) is 25.3 Å². The van der Waals surface area contributed by atoms with Crippen molar-refractivity contribution in [2.75, 3.05) is 25.0 Å². The number of carbonyl (C=O) groups excluding carboxylic acids is 2. The number of carbonyl (C=O) groups is 2. The van der Waals surface area contributed by atoms with E-state index in [9.17, 15) is 9.59 Å². The average molecular weight is 349 g/mol. The van der Waals surface area contributed by atoms with Crippen LogP contribution in [0.2, 0.25) is 0 Å². The number of urea groups is 1. The van der Waals surface area contributed by atoms with Crippen LogP contribution in [-0.2, 0) is 11.2 Å². The second-order valence-corrected chi connectivity index (χ2v) is 6.83. The third-order valence-corrected chi connectivity index (χ3v) is 3.57. The largest absolute Gasteiger partial charge is 0.444 e. The molecule has 0 aromatic heterocycles. The molecule has 0 saturated carbocycles. The molecular weight excluding hydrogens is 318 g/mol. The molecule has 1 aromatic carbocycles. The van der Waals surface area contributed by atoms with Crippen molar-refractivity contribution in [3.63, 3.8) is 0 Å². The van der Waals surface area contributed by atoms with Crippen LogP contribution in [0.5, 0.6) is 0 Å². The highest BCUT2D eigenvalue weighted by Gasteiger charge is 2.16. The molecule has 1 rings (SSSR count). The van der Waals surface area contributed by atoms with E-state index in [4.69, 9.17) is 4.74 Å². The Morgan fingerprint density at radius 1 is 1.08 bits per heavy atom. The third-order valence-electron chi connectivity index (χ3n) is 3.57. The van der Waals surface area contributed by atoms with Crippen LogP contribution in [0.4, 0.5) is 15.3 Å². The summed E-state index contributed by atoms with van der Waals surface area (Å²) in [4.78, 5) is 25.3. The molecule has 0 aliphatic rings. The van der Waals surface area contributed by atoms with E-state index >= 15 is 0 Å². The van der Waals surface area contributed by atoms with Crippen molar-refractivity contribution in [1.82, 2.24) is 10.2 Å². The van der Waals surface area contributed by atoms with Gasteiger partial charge in [-0.3, -0.25) is 5.32 Å². The summed E-state index contributed by atoms with van der Waals surface area (Å²) < 4.78 is 5.22. The van der Waals surface area contributed by atoms with Gasteiger partial charge in [0.2, 0.25) is 0 Å². The molecule has 0 unspecified atom stereocenters. The summed E-state index contributed by atoms with van der Waals surface area (Å²) in [5.74, 6) is 0. The Balaban J connectivity index is 2.35. The van der Waals surface area contributed by atoms with Gasteiger partial charge in [0.25, 0.3) is 0 Å². The number of anilines is 1. The average Bonchev–Trinajstić information content (AvgIpc) is 2.52. The van der Waals surface area contributed by atoms with Gasteiger partial charge in [-0.15, -0.1) is 0 Å². The minimum absolute atomic E-state index is 0.0121. The maximum atomic E-state index is 11.8. The van der Waals surface area contributed by atoms with Crippen LogP contribution in [0.3, 0.4) is 0 Å². The molecule has 0 heterocycles. The number of nitrogens with one attached hydrogen (secondary N) is 2.